The van der Waals surface area contributed by atoms with Crippen LogP contribution in [-0.2, 0) is 22.7 Å². The Hall–Kier alpha value is -3.04. The van der Waals surface area contributed by atoms with Crippen molar-refractivity contribution >= 4 is 11.8 Å². The van der Waals surface area contributed by atoms with E-state index in [9.17, 15) is 14.4 Å². The highest BCUT2D eigenvalue weighted by Gasteiger charge is 2.25. The van der Waals surface area contributed by atoms with E-state index in [1.54, 1.807) is 6.92 Å². The number of rotatable bonds is 5. The topological polar surface area (TPSA) is 132 Å². The van der Waals surface area contributed by atoms with Gasteiger partial charge in [-0.3, -0.25) is 19.0 Å². The zero-order valence-corrected chi connectivity index (χ0v) is 13.7. The summed E-state index contributed by atoms with van der Waals surface area (Å²) in [5, 5.41) is 9.23. The molecule has 1 aliphatic rings. The van der Waals surface area contributed by atoms with Gasteiger partial charge in [-0.2, -0.15) is 4.98 Å². The Kier molecular flexibility index (Phi) is 4.87. The van der Waals surface area contributed by atoms with E-state index < -0.39 is 0 Å². The van der Waals surface area contributed by atoms with Crippen LogP contribution in [0.1, 0.15) is 36.2 Å². The molecule has 10 nitrogen and oxygen atoms in total. The van der Waals surface area contributed by atoms with Crippen LogP contribution < -0.4 is 16.2 Å². The minimum atomic E-state index is -0.371. The van der Waals surface area contributed by atoms with Crippen LogP contribution in [0.25, 0.3) is 0 Å². The average Bonchev–Trinajstić information content (AvgIpc) is 3.05. The molecule has 10 heteroatoms. The maximum Gasteiger partial charge on any atom is 0.253 e. The summed E-state index contributed by atoms with van der Waals surface area (Å²) < 4.78 is 6.32. The van der Waals surface area contributed by atoms with Crippen molar-refractivity contribution in [2.45, 2.75) is 38.8 Å². The van der Waals surface area contributed by atoms with Crippen LogP contribution in [0.5, 0.6) is 0 Å². The molecule has 1 aliphatic heterocycles. The van der Waals surface area contributed by atoms with Crippen LogP contribution in [-0.4, -0.2) is 38.1 Å². The minimum absolute atomic E-state index is 0.0342. The number of amides is 2. The SMILES string of the molecule is Cc1cc(=O)n(CC(=O)NCc2nc(C3CCNC(=O)C3)no2)cn1. The van der Waals surface area contributed by atoms with Crippen molar-refractivity contribution in [1.82, 2.24) is 30.3 Å². The van der Waals surface area contributed by atoms with Gasteiger partial charge >= 0.3 is 0 Å². The molecule has 25 heavy (non-hydrogen) atoms. The lowest BCUT2D eigenvalue weighted by atomic mass is 9.97. The van der Waals surface area contributed by atoms with Gasteiger partial charge in [-0.25, -0.2) is 4.98 Å². The van der Waals surface area contributed by atoms with Crippen LogP contribution in [0.4, 0.5) is 0 Å². The summed E-state index contributed by atoms with van der Waals surface area (Å²) in [6, 6.07) is 1.36. The molecule has 0 saturated carbocycles. The summed E-state index contributed by atoms with van der Waals surface area (Å²) in [6.07, 6.45) is 2.41. The van der Waals surface area contributed by atoms with Gasteiger partial charge in [0.15, 0.2) is 5.82 Å². The van der Waals surface area contributed by atoms with Crippen molar-refractivity contribution in [3.63, 3.8) is 0 Å². The predicted octanol–water partition coefficient (Wildman–Crippen LogP) is -0.755. The Morgan fingerprint density at radius 2 is 2.32 bits per heavy atom. The number of carbonyl (C=O) groups is 2. The average molecular weight is 346 g/mol. The lowest BCUT2D eigenvalue weighted by Crippen LogP contribution is -2.33. The highest BCUT2D eigenvalue weighted by atomic mass is 16.5. The third-order valence-corrected chi connectivity index (χ3v) is 3.86. The second kappa shape index (κ2) is 7.24. The lowest BCUT2D eigenvalue weighted by molar-refractivity contribution is -0.123. The Labute approximate surface area is 142 Å². The minimum Gasteiger partial charge on any atom is -0.356 e. The molecule has 3 rings (SSSR count). The highest BCUT2D eigenvalue weighted by Crippen LogP contribution is 2.22. The van der Waals surface area contributed by atoms with Gasteiger partial charge in [-0.15, -0.1) is 0 Å². The van der Waals surface area contributed by atoms with Crippen molar-refractivity contribution in [2.24, 2.45) is 0 Å². The van der Waals surface area contributed by atoms with Gasteiger partial charge < -0.3 is 15.2 Å². The van der Waals surface area contributed by atoms with Crippen LogP contribution in [0.3, 0.4) is 0 Å². The number of aromatic nitrogens is 4. The summed E-state index contributed by atoms with van der Waals surface area (Å²) in [6.45, 7) is 2.20. The first kappa shape index (κ1) is 16.8. The van der Waals surface area contributed by atoms with Gasteiger partial charge in [0.05, 0.1) is 12.9 Å². The second-order valence-electron chi connectivity index (χ2n) is 5.86. The van der Waals surface area contributed by atoms with Crippen molar-refractivity contribution < 1.29 is 14.1 Å². The fraction of sp³-hybridized carbons (Fsp3) is 0.467. The fourth-order valence-corrected chi connectivity index (χ4v) is 2.53. The molecule has 2 amide bonds. The first-order valence-electron chi connectivity index (χ1n) is 7.90. The molecule has 132 valence electrons. The summed E-state index contributed by atoms with van der Waals surface area (Å²) in [4.78, 5) is 43.3. The van der Waals surface area contributed by atoms with Crippen molar-refractivity contribution in [1.29, 1.82) is 0 Å². The standard InChI is InChI=1S/C15H18N6O4/c1-9-4-14(24)21(8-18-9)7-12(23)17-6-13-19-15(20-25-13)10-2-3-16-11(22)5-10/h4,8,10H,2-3,5-7H2,1H3,(H,16,22)(H,17,23). The molecule has 0 aromatic carbocycles. The third-order valence-electron chi connectivity index (χ3n) is 3.86. The van der Waals surface area contributed by atoms with Crippen molar-refractivity contribution in [2.75, 3.05) is 6.54 Å². The molecule has 1 unspecified atom stereocenters. The van der Waals surface area contributed by atoms with E-state index >= 15 is 0 Å². The second-order valence-corrected chi connectivity index (χ2v) is 5.86. The van der Waals surface area contributed by atoms with E-state index in [4.69, 9.17) is 4.52 Å². The molecule has 2 N–H and O–H groups in total. The van der Waals surface area contributed by atoms with Gasteiger partial charge in [0, 0.05) is 30.6 Å². The number of nitrogens with zero attached hydrogens (tertiary/aromatic N) is 4. The summed E-state index contributed by atoms with van der Waals surface area (Å²) in [7, 11) is 0. The zero-order chi connectivity index (χ0) is 17.8. The highest BCUT2D eigenvalue weighted by molar-refractivity contribution is 5.77. The van der Waals surface area contributed by atoms with E-state index in [-0.39, 0.29) is 42.3 Å². The number of aryl methyl sites for hydroxylation is 1. The van der Waals surface area contributed by atoms with Gasteiger partial charge in [0.25, 0.3) is 5.56 Å². The molecule has 0 bridgehead atoms. The molecule has 1 fully saturated rings. The molecule has 1 saturated heterocycles. The van der Waals surface area contributed by atoms with Gasteiger partial charge in [0.2, 0.25) is 17.7 Å². The molecule has 3 heterocycles. The van der Waals surface area contributed by atoms with E-state index in [2.05, 4.69) is 25.8 Å². The van der Waals surface area contributed by atoms with Gasteiger partial charge in [-0.1, -0.05) is 5.16 Å². The van der Waals surface area contributed by atoms with Crippen LogP contribution >= 0.6 is 0 Å². The van der Waals surface area contributed by atoms with Gasteiger partial charge in [-0.05, 0) is 13.3 Å². The third kappa shape index (κ3) is 4.28. The molecular weight excluding hydrogens is 328 g/mol. The summed E-state index contributed by atoms with van der Waals surface area (Å²) >= 11 is 0. The predicted molar refractivity (Wildman–Crippen MR) is 84.4 cm³/mol. The molecule has 2 aromatic heterocycles. The molecule has 2 aromatic rings. The number of carbonyl (C=O) groups excluding carboxylic acids is 2. The first-order valence-corrected chi connectivity index (χ1v) is 7.90. The molecule has 0 aliphatic carbocycles. The summed E-state index contributed by atoms with van der Waals surface area (Å²) in [5.41, 5.74) is 0.301. The Bertz CT molecular complexity index is 843. The maximum absolute atomic E-state index is 11.9. The lowest BCUT2D eigenvalue weighted by Gasteiger charge is -2.18. The Morgan fingerprint density at radius 3 is 3.08 bits per heavy atom. The molecule has 0 radical (unpaired) electrons. The maximum atomic E-state index is 11.9. The smallest absolute Gasteiger partial charge is 0.253 e. The quantitative estimate of drug-likeness (QED) is 0.727. The molecule has 0 spiro atoms. The van der Waals surface area contributed by atoms with Crippen molar-refractivity contribution in [3.05, 3.63) is 40.2 Å². The summed E-state index contributed by atoms with van der Waals surface area (Å²) in [5.74, 6) is 0.249. The van der Waals surface area contributed by atoms with Gasteiger partial charge in [0.1, 0.15) is 6.54 Å². The monoisotopic (exact) mass is 346 g/mol. The molecular formula is C15H18N6O4. The zero-order valence-electron chi connectivity index (χ0n) is 13.7. The number of hydrogen-bond donors (Lipinski definition) is 2. The Morgan fingerprint density at radius 1 is 1.48 bits per heavy atom. The van der Waals surface area contributed by atoms with Crippen LogP contribution in [0.2, 0.25) is 0 Å². The van der Waals surface area contributed by atoms with E-state index in [1.165, 1.54) is 17.0 Å². The largest absolute Gasteiger partial charge is 0.356 e. The number of piperidine rings is 1. The van der Waals surface area contributed by atoms with E-state index in [1.807, 2.05) is 0 Å². The Balaban J connectivity index is 1.54. The van der Waals surface area contributed by atoms with Crippen molar-refractivity contribution in [3.8, 4) is 0 Å². The molecule has 1 atom stereocenters. The van der Waals surface area contributed by atoms with Crippen LogP contribution in [0.15, 0.2) is 21.7 Å². The first-order chi connectivity index (χ1) is 12.0. The van der Waals surface area contributed by atoms with Crippen LogP contribution in [0, 0.1) is 6.92 Å². The number of hydrogen-bond acceptors (Lipinski definition) is 7. The van der Waals surface area contributed by atoms with E-state index in [0.29, 0.717) is 24.5 Å². The fourth-order valence-electron chi connectivity index (χ4n) is 2.53. The number of nitrogens with one attached hydrogen (secondary N) is 2. The van der Waals surface area contributed by atoms with E-state index in [0.717, 1.165) is 6.42 Å². The normalized spacial score (nSPS) is 17.2.